The van der Waals surface area contributed by atoms with Gasteiger partial charge in [0.05, 0.1) is 6.04 Å². The molecule has 0 aromatic heterocycles. The summed E-state index contributed by atoms with van der Waals surface area (Å²) in [6, 6.07) is 6.00. The van der Waals surface area contributed by atoms with Crippen molar-refractivity contribution in [1.82, 2.24) is 4.31 Å². The Morgan fingerprint density at radius 3 is 3.00 bits per heavy atom. The van der Waals surface area contributed by atoms with Crippen molar-refractivity contribution < 1.29 is 8.60 Å². The van der Waals surface area contributed by atoms with E-state index < -0.39 is 16.8 Å². The molecule has 0 saturated carbocycles. The highest BCUT2D eigenvalue weighted by Gasteiger charge is 2.11. The second-order valence-corrected chi connectivity index (χ2v) is 5.74. The number of guanidine groups is 1. The minimum atomic E-state index is -1.49. The molecule has 110 valence electrons. The normalized spacial score (nSPS) is 19.3. The Labute approximate surface area is 120 Å². The van der Waals surface area contributed by atoms with Crippen LogP contribution in [-0.2, 0) is 15.0 Å². The van der Waals surface area contributed by atoms with Crippen molar-refractivity contribution in [2.24, 2.45) is 15.1 Å². The van der Waals surface area contributed by atoms with Crippen LogP contribution in [0, 0.1) is 5.82 Å². The number of hydrogen-bond donors (Lipinski definition) is 1. The van der Waals surface area contributed by atoms with Gasteiger partial charge in [0.25, 0.3) is 0 Å². The average molecular weight is 297 g/mol. The molecular weight excluding hydrogens is 279 g/mol. The van der Waals surface area contributed by atoms with Crippen molar-refractivity contribution in [1.29, 1.82) is 0 Å². The van der Waals surface area contributed by atoms with E-state index in [9.17, 15) is 8.60 Å². The Morgan fingerprint density at radius 1 is 1.50 bits per heavy atom. The number of nitrogens with zero attached hydrogens (tertiary/aromatic N) is 3. The van der Waals surface area contributed by atoms with E-state index in [1.807, 2.05) is 0 Å². The fourth-order valence-corrected chi connectivity index (χ4v) is 2.92. The van der Waals surface area contributed by atoms with Crippen LogP contribution in [-0.4, -0.2) is 23.4 Å². The molecule has 0 spiro atoms. The highest BCUT2D eigenvalue weighted by molar-refractivity contribution is 7.72. The summed E-state index contributed by atoms with van der Waals surface area (Å²) in [6.45, 7) is 2.87. The lowest BCUT2D eigenvalue weighted by Gasteiger charge is -2.26. The largest absolute Gasteiger partial charge is 0.424 e. The molecule has 0 aliphatic carbocycles. The Morgan fingerprint density at radius 2 is 2.25 bits per heavy atom. The summed E-state index contributed by atoms with van der Waals surface area (Å²) >= 11 is 0. The zero-order valence-corrected chi connectivity index (χ0v) is 12.1. The molecule has 1 heterocycles. The van der Waals surface area contributed by atoms with Crippen LogP contribution in [0.4, 0.5) is 4.39 Å². The fraction of sp³-hybridized carbons (Fsp3) is 0.462. The molecule has 2 rings (SSSR count). The molecule has 0 amide bonds. The molecule has 0 radical (unpaired) electrons. The zero-order valence-electron chi connectivity index (χ0n) is 11.3. The first-order valence-electron chi connectivity index (χ1n) is 6.54. The summed E-state index contributed by atoms with van der Waals surface area (Å²) in [5.74, 6) is -0.178. The molecule has 7 heteroatoms. The molecule has 1 aromatic carbocycles. The van der Waals surface area contributed by atoms with Crippen LogP contribution in [0.5, 0.6) is 0 Å². The standard InChI is InChI=1S/C13H18FN4OS/c1-10(11-6-2-3-7-12(11)14)17-13(15)18-9-5-4-8-16-20(18)19/h2-3,6-7,10H,4-5,8-9H2,1H3,(H2,15,17)/q-1/t10-/m0/s1. The van der Waals surface area contributed by atoms with E-state index in [-0.39, 0.29) is 11.8 Å². The van der Waals surface area contributed by atoms with Crippen molar-refractivity contribution in [3.63, 3.8) is 0 Å². The van der Waals surface area contributed by atoms with Gasteiger partial charge in [-0.3, -0.25) is 0 Å². The summed E-state index contributed by atoms with van der Waals surface area (Å²) in [4.78, 5) is 4.25. The van der Waals surface area contributed by atoms with E-state index in [4.69, 9.17) is 5.73 Å². The van der Waals surface area contributed by atoms with E-state index >= 15 is 0 Å². The van der Waals surface area contributed by atoms with Gasteiger partial charge in [0.15, 0.2) is 5.96 Å². The highest BCUT2D eigenvalue weighted by Crippen LogP contribution is 2.20. The Bertz CT molecular complexity index is 583. The lowest BCUT2D eigenvalue weighted by molar-refractivity contribution is 0.543. The smallest absolute Gasteiger partial charge is 0.175 e. The first-order chi connectivity index (χ1) is 9.59. The van der Waals surface area contributed by atoms with Crippen molar-refractivity contribution >= 4 is 16.7 Å². The summed E-state index contributed by atoms with van der Waals surface area (Å²) in [7, 11) is -1.49. The van der Waals surface area contributed by atoms with Crippen molar-refractivity contribution in [2.45, 2.75) is 25.8 Å². The summed E-state index contributed by atoms with van der Waals surface area (Å²) in [5, 5.41) is 0. The van der Waals surface area contributed by atoms with Gasteiger partial charge < -0.3 is 18.6 Å². The minimum absolute atomic E-state index is 0.143. The topological polar surface area (TPSA) is 71.0 Å². The first kappa shape index (κ1) is 14.8. The highest BCUT2D eigenvalue weighted by atomic mass is 32.2. The van der Waals surface area contributed by atoms with E-state index in [0.717, 1.165) is 12.8 Å². The third-order valence-corrected chi connectivity index (χ3v) is 4.25. The monoisotopic (exact) mass is 297 g/mol. The van der Waals surface area contributed by atoms with E-state index in [0.29, 0.717) is 18.7 Å². The first-order valence-corrected chi connectivity index (χ1v) is 7.60. The number of benzene rings is 1. The van der Waals surface area contributed by atoms with Crippen molar-refractivity contribution in [3.05, 3.63) is 35.6 Å². The molecule has 0 fully saturated rings. The van der Waals surface area contributed by atoms with Crippen LogP contribution in [0.15, 0.2) is 33.6 Å². The predicted molar refractivity (Wildman–Crippen MR) is 77.7 cm³/mol. The van der Waals surface area contributed by atoms with E-state index in [1.165, 1.54) is 10.4 Å². The molecule has 0 unspecified atom stereocenters. The van der Waals surface area contributed by atoms with Crippen LogP contribution >= 0.6 is 0 Å². The molecule has 1 aromatic rings. The number of nitrogens with two attached hydrogens (primary N) is 1. The lowest BCUT2D eigenvalue weighted by Crippen LogP contribution is -2.36. The van der Waals surface area contributed by atoms with Crippen molar-refractivity contribution in [3.8, 4) is 0 Å². The van der Waals surface area contributed by atoms with Gasteiger partial charge in [-0.05, 0) is 25.8 Å². The van der Waals surface area contributed by atoms with Gasteiger partial charge in [0.2, 0.25) is 0 Å². The maximum absolute atomic E-state index is 13.7. The Hall–Kier alpha value is -1.63. The molecule has 5 nitrogen and oxygen atoms in total. The third-order valence-electron chi connectivity index (χ3n) is 3.10. The van der Waals surface area contributed by atoms with Crippen LogP contribution in [0.1, 0.15) is 31.4 Å². The van der Waals surface area contributed by atoms with Crippen LogP contribution in [0.2, 0.25) is 0 Å². The zero-order chi connectivity index (χ0) is 14.5. The summed E-state index contributed by atoms with van der Waals surface area (Å²) < 4.78 is 31.0. The molecule has 1 aliphatic rings. The molecule has 0 saturated heterocycles. The Balaban J connectivity index is 2.21. The maximum Gasteiger partial charge on any atom is 0.175 e. The van der Waals surface area contributed by atoms with Gasteiger partial charge in [-0.25, -0.2) is 9.38 Å². The average Bonchev–Trinajstić information content (AvgIpc) is 2.63. The maximum atomic E-state index is 13.7. The number of rotatable bonds is 2. The molecule has 1 atom stereocenters. The third kappa shape index (κ3) is 3.47. The summed E-state index contributed by atoms with van der Waals surface area (Å²) in [5.41, 5.74) is 6.36. The van der Waals surface area contributed by atoms with Crippen LogP contribution in [0.3, 0.4) is 0 Å². The van der Waals surface area contributed by atoms with Crippen molar-refractivity contribution in [2.75, 3.05) is 13.1 Å². The minimum Gasteiger partial charge on any atom is -0.424 e. The van der Waals surface area contributed by atoms with E-state index in [1.54, 1.807) is 25.1 Å². The quantitative estimate of drug-likeness (QED) is 0.517. The summed E-state index contributed by atoms with van der Waals surface area (Å²) in [6.07, 6.45) is 1.75. The van der Waals surface area contributed by atoms with Gasteiger partial charge in [-0.1, -0.05) is 29.0 Å². The van der Waals surface area contributed by atoms with Gasteiger partial charge >= 0.3 is 0 Å². The number of halogens is 1. The SMILES string of the molecule is C[C@H](N=C(N)N1CCCCN=[S-]1=O)c1ccccc1F. The van der Waals surface area contributed by atoms with Gasteiger partial charge in [0, 0.05) is 18.7 Å². The van der Waals surface area contributed by atoms with Gasteiger partial charge in [0.1, 0.15) is 5.82 Å². The molecule has 20 heavy (non-hydrogen) atoms. The number of hydrogen-bond acceptors (Lipinski definition) is 4. The Kier molecular flexibility index (Phi) is 4.94. The fourth-order valence-electron chi connectivity index (χ4n) is 2.00. The predicted octanol–water partition coefficient (Wildman–Crippen LogP) is 2.36. The molecular formula is C13H18FN4OS-. The van der Waals surface area contributed by atoms with Crippen LogP contribution in [0.25, 0.3) is 0 Å². The second kappa shape index (κ2) is 6.69. The van der Waals surface area contributed by atoms with Gasteiger partial charge in [-0.15, -0.1) is 0 Å². The molecule has 2 N–H and O–H groups in total. The second-order valence-electron chi connectivity index (χ2n) is 4.58. The molecule has 1 aliphatic heterocycles. The van der Waals surface area contributed by atoms with E-state index in [2.05, 4.69) is 9.36 Å². The lowest BCUT2D eigenvalue weighted by atomic mass is 10.1. The molecule has 0 bridgehead atoms. The van der Waals surface area contributed by atoms with Gasteiger partial charge in [-0.2, -0.15) is 0 Å². The van der Waals surface area contributed by atoms with Crippen LogP contribution < -0.4 is 5.73 Å². The number of aliphatic imine (C=N–C) groups is 1.